The zero-order valence-electron chi connectivity index (χ0n) is 16.8. The highest BCUT2D eigenvalue weighted by molar-refractivity contribution is 6.73. The molecule has 0 saturated carbocycles. The Hall–Kier alpha value is -1.12. The van der Waals surface area contributed by atoms with Gasteiger partial charge in [-0.05, 0) is 36.5 Å². The van der Waals surface area contributed by atoms with Crippen LogP contribution in [0.4, 0.5) is 0 Å². The van der Waals surface area contributed by atoms with E-state index in [0.717, 1.165) is 0 Å². The second-order valence-electron chi connectivity index (χ2n) is 6.86. The van der Waals surface area contributed by atoms with Gasteiger partial charge in [0, 0.05) is 0 Å². The maximum atomic E-state index is 6.75. The van der Waals surface area contributed by atoms with Crippen molar-refractivity contribution in [1.29, 1.82) is 0 Å². The summed E-state index contributed by atoms with van der Waals surface area (Å²) in [7, 11) is -1.63. The van der Waals surface area contributed by atoms with Crippen LogP contribution in [0.25, 0.3) is 0 Å². The summed E-state index contributed by atoms with van der Waals surface area (Å²) in [5.41, 5.74) is 1.27. The van der Waals surface area contributed by atoms with E-state index < -0.39 is 8.32 Å². The predicted octanol–water partition coefficient (Wildman–Crippen LogP) is 7.83. The SMILES string of the molecule is CCCCCC/C=C/C=C/C(O[Si](CC)(CC)CC)c1ccccc1. The molecule has 2 heteroatoms. The van der Waals surface area contributed by atoms with Gasteiger partial charge in [-0.1, -0.05) is 102 Å². The van der Waals surface area contributed by atoms with Crippen LogP contribution >= 0.6 is 0 Å². The molecular formula is C23H38OSi. The van der Waals surface area contributed by atoms with Gasteiger partial charge in [0.1, 0.15) is 0 Å². The van der Waals surface area contributed by atoms with Crippen LogP contribution in [0.1, 0.15) is 71.5 Å². The van der Waals surface area contributed by atoms with Crippen molar-refractivity contribution in [2.75, 3.05) is 0 Å². The molecular weight excluding hydrogens is 320 g/mol. The van der Waals surface area contributed by atoms with Crippen LogP contribution in [0.2, 0.25) is 18.1 Å². The fourth-order valence-electron chi connectivity index (χ4n) is 3.16. The fraction of sp³-hybridized carbons (Fsp3) is 0.565. The van der Waals surface area contributed by atoms with Crippen LogP contribution in [0.5, 0.6) is 0 Å². The molecule has 140 valence electrons. The number of unbranched alkanes of at least 4 members (excludes halogenated alkanes) is 4. The van der Waals surface area contributed by atoms with Gasteiger partial charge in [-0.3, -0.25) is 0 Å². The molecule has 1 aromatic rings. The molecule has 0 aliphatic rings. The molecule has 0 radical (unpaired) electrons. The maximum Gasteiger partial charge on any atom is 0.193 e. The number of allylic oxidation sites excluding steroid dienone is 3. The lowest BCUT2D eigenvalue weighted by molar-refractivity contribution is 0.238. The molecule has 0 N–H and O–H groups in total. The number of hydrogen-bond acceptors (Lipinski definition) is 1. The highest BCUT2D eigenvalue weighted by Gasteiger charge is 2.31. The van der Waals surface area contributed by atoms with Crippen molar-refractivity contribution in [1.82, 2.24) is 0 Å². The Labute approximate surface area is 157 Å². The largest absolute Gasteiger partial charge is 0.407 e. The Bertz CT molecular complexity index is 480. The van der Waals surface area contributed by atoms with Crippen LogP contribution < -0.4 is 0 Å². The molecule has 1 unspecified atom stereocenters. The summed E-state index contributed by atoms with van der Waals surface area (Å²) < 4.78 is 6.75. The van der Waals surface area contributed by atoms with E-state index in [2.05, 4.69) is 82.3 Å². The molecule has 0 heterocycles. The van der Waals surface area contributed by atoms with Crippen molar-refractivity contribution in [3.05, 3.63) is 60.2 Å². The van der Waals surface area contributed by atoms with Gasteiger partial charge in [-0.15, -0.1) is 0 Å². The standard InChI is InChI=1S/C23H38OSi/c1-5-9-10-11-12-13-14-18-21-23(22-19-16-15-17-20-22)24-25(6-2,7-3)8-4/h13-21,23H,5-12H2,1-4H3/b14-13+,21-18+. The smallest absolute Gasteiger partial charge is 0.193 e. The highest BCUT2D eigenvalue weighted by atomic mass is 28.4. The van der Waals surface area contributed by atoms with Gasteiger partial charge in [0.2, 0.25) is 0 Å². The van der Waals surface area contributed by atoms with Crippen LogP contribution in [0, 0.1) is 0 Å². The minimum atomic E-state index is -1.63. The van der Waals surface area contributed by atoms with Gasteiger partial charge in [0.25, 0.3) is 0 Å². The molecule has 0 aliphatic carbocycles. The van der Waals surface area contributed by atoms with E-state index in [1.165, 1.54) is 55.8 Å². The topological polar surface area (TPSA) is 9.23 Å². The Kier molecular flexibility index (Phi) is 11.5. The van der Waals surface area contributed by atoms with Crippen LogP contribution in [0.15, 0.2) is 54.6 Å². The summed E-state index contributed by atoms with van der Waals surface area (Å²) >= 11 is 0. The highest BCUT2D eigenvalue weighted by Crippen LogP contribution is 2.30. The molecule has 0 fully saturated rings. The molecule has 1 aromatic carbocycles. The van der Waals surface area contributed by atoms with Gasteiger partial charge < -0.3 is 4.43 Å². The van der Waals surface area contributed by atoms with Gasteiger partial charge in [0.05, 0.1) is 6.10 Å². The first-order valence-electron chi connectivity index (χ1n) is 10.3. The first kappa shape index (κ1) is 21.9. The molecule has 0 aliphatic heterocycles. The van der Waals surface area contributed by atoms with E-state index in [9.17, 15) is 0 Å². The molecule has 1 nitrogen and oxygen atoms in total. The first-order chi connectivity index (χ1) is 12.2. The van der Waals surface area contributed by atoms with Crippen molar-refractivity contribution >= 4 is 8.32 Å². The average Bonchev–Trinajstić information content (AvgIpc) is 2.67. The molecule has 1 atom stereocenters. The first-order valence-corrected chi connectivity index (χ1v) is 12.8. The quantitative estimate of drug-likeness (QED) is 0.198. The van der Waals surface area contributed by atoms with Crippen molar-refractivity contribution in [2.24, 2.45) is 0 Å². The minimum absolute atomic E-state index is 0.0810. The van der Waals surface area contributed by atoms with E-state index in [1.54, 1.807) is 0 Å². The van der Waals surface area contributed by atoms with E-state index in [1.807, 2.05) is 0 Å². The van der Waals surface area contributed by atoms with E-state index >= 15 is 0 Å². The molecule has 25 heavy (non-hydrogen) atoms. The molecule has 0 saturated heterocycles. The maximum absolute atomic E-state index is 6.75. The molecule has 0 aromatic heterocycles. The van der Waals surface area contributed by atoms with Crippen molar-refractivity contribution < 1.29 is 4.43 Å². The van der Waals surface area contributed by atoms with Gasteiger partial charge in [-0.2, -0.15) is 0 Å². The van der Waals surface area contributed by atoms with Crippen LogP contribution in [-0.2, 0) is 4.43 Å². The third-order valence-electron chi connectivity index (χ3n) is 5.20. The Morgan fingerprint density at radius 2 is 1.56 bits per heavy atom. The third-order valence-corrected chi connectivity index (χ3v) is 9.82. The van der Waals surface area contributed by atoms with E-state index in [0.29, 0.717) is 0 Å². The zero-order chi connectivity index (χ0) is 18.4. The van der Waals surface area contributed by atoms with Crippen molar-refractivity contribution in [2.45, 2.75) is 84.0 Å². The fourth-order valence-corrected chi connectivity index (χ4v) is 5.91. The van der Waals surface area contributed by atoms with Crippen LogP contribution in [0.3, 0.4) is 0 Å². The summed E-state index contributed by atoms with van der Waals surface area (Å²) in [5, 5.41) is 0. The molecule has 0 bridgehead atoms. The summed E-state index contributed by atoms with van der Waals surface area (Å²) in [6, 6.07) is 14.2. The van der Waals surface area contributed by atoms with E-state index in [4.69, 9.17) is 4.43 Å². The normalized spacial score (nSPS) is 13.8. The Morgan fingerprint density at radius 1 is 0.880 bits per heavy atom. The van der Waals surface area contributed by atoms with Gasteiger partial charge >= 0.3 is 0 Å². The second kappa shape index (κ2) is 13.1. The number of hydrogen-bond donors (Lipinski definition) is 0. The van der Waals surface area contributed by atoms with Crippen molar-refractivity contribution in [3.8, 4) is 0 Å². The summed E-state index contributed by atoms with van der Waals surface area (Å²) in [6.45, 7) is 9.14. The lowest BCUT2D eigenvalue weighted by Crippen LogP contribution is -2.36. The lowest BCUT2D eigenvalue weighted by atomic mass is 10.1. The zero-order valence-corrected chi connectivity index (χ0v) is 17.8. The monoisotopic (exact) mass is 358 g/mol. The van der Waals surface area contributed by atoms with E-state index in [-0.39, 0.29) is 6.10 Å². The molecule has 0 spiro atoms. The summed E-state index contributed by atoms with van der Waals surface area (Å²) in [4.78, 5) is 0. The minimum Gasteiger partial charge on any atom is -0.407 e. The second-order valence-corrected chi connectivity index (χ2v) is 11.6. The Balaban J connectivity index is 2.72. The Morgan fingerprint density at radius 3 is 2.16 bits per heavy atom. The van der Waals surface area contributed by atoms with Crippen molar-refractivity contribution in [3.63, 3.8) is 0 Å². The average molecular weight is 359 g/mol. The summed E-state index contributed by atoms with van der Waals surface area (Å²) in [6.07, 6.45) is 15.5. The number of benzene rings is 1. The van der Waals surface area contributed by atoms with Gasteiger partial charge in [-0.25, -0.2) is 0 Å². The number of rotatable bonds is 13. The molecule has 0 amide bonds. The third kappa shape index (κ3) is 8.20. The summed E-state index contributed by atoms with van der Waals surface area (Å²) in [5.74, 6) is 0. The molecule has 1 rings (SSSR count). The van der Waals surface area contributed by atoms with Gasteiger partial charge in [0.15, 0.2) is 8.32 Å². The lowest BCUT2D eigenvalue weighted by Gasteiger charge is -2.32. The van der Waals surface area contributed by atoms with Crippen LogP contribution in [-0.4, -0.2) is 8.32 Å². The predicted molar refractivity (Wildman–Crippen MR) is 115 cm³/mol.